The molecular weight excluding hydrogens is 292 g/mol. The van der Waals surface area contributed by atoms with E-state index in [4.69, 9.17) is 0 Å². The van der Waals surface area contributed by atoms with Gasteiger partial charge in [-0.15, -0.1) is 11.3 Å². The first-order valence-electron chi connectivity index (χ1n) is 7.11. The highest BCUT2D eigenvalue weighted by Gasteiger charge is 2.25. The maximum absolute atomic E-state index is 12.2. The van der Waals surface area contributed by atoms with E-state index in [0.717, 1.165) is 10.6 Å². The van der Waals surface area contributed by atoms with Crippen molar-refractivity contribution in [1.82, 2.24) is 5.32 Å². The Morgan fingerprint density at radius 1 is 0.864 bits per heavy atom. The third kappa shape index (κ3) is 2.27. The van der Waals surface area contributed by atoms with Gasteiger partial charge in [0.1, 0.15) is 6.17 Å². The summed E-state index contributed by atoms with van der Waals surface area (Å²) in [5.41, 5.74) is 3.94. The molecule has 22 heavy (non-hydrogen) atoms. The van der Waals surface area contributed by atoms with Crippen LogP contribution in [0.15, 0.2) is 66.0 Å². The number of amides is 1. The molecule has 4 rings (SSSR count). The van der Waals surface area contributed by atoms with Crippen LogP contribution < -0.4 is 10.6 Å². The lowest BCUT2D eigenvalue weighted by Crippen LogP contribution is -2.37. The van der Waals surface area contributed by atoms with Crippen molar-refractivity contribution < 1.29 is 4.79 Å². The summed E-state index contributed by atoms with van der Waals surface area (Å²) in [5, 5.41) is 8.52. The van der Waals surface area contributed by atoms with Crippen LogP contribution >= 0.6 is 11.3 Å². The zero-order chi connectivity index (χ0) is 14.9. The minimum absolute atomic E-state index is 0.0333. The van der Waals surface area contributed by atoms with E-state index in [-0.39, 0.29) is 12.1 Å². The maximum Gasteiger partial charge on any atom is 0.255 e. The summed E-state index contributed by atoms with van der Waals surface area (Å²) in [7, 11) is 0. The van der Waals surface area contributed by atoms with Gasteiger partial charge in [0, 0.05) is 10.6 Å². The van der Waals surface area contributed by atoms with Gasteiger partial charge in [-0.05, 0) is 34.7 Å². The predicted octanol–water partition coefficient (Wildman–Crippen LogP) is 4.27. The van der Waals surface area contributed by atoms with Gasteiger partial charge in [0.25, 0.3) is 5.91 Å². The molecule has 4 heteroatoms. The van der Waals surface area contributed by atoms with E-state index >= 15 is 0 Å². The number of thiophene rings is 1. The van der Waals surface area contributed by atoms with Crippen LogP contribution in [-0.2, 0) is 0 Å². The smallest absolute Gasteiger partial charge is 0.255 e. The average molecular weight is 306 g/mol. The van der Waals surface area contributed by atoms with Crippen molar-refractivity contribution in [3.63, 3.8) is 0 Å². The Bertz CT molecular complexity index is 826. The van der Waals surface area contributed by atoms with Gasteiger partial charge >= 0.3 is 0 Å². The van der Waals surface area contributed by atoms with E-state index in [0.29, 0.717) is 5.56 Å². The first kappa shape index (κ1) is 13.1. The van der Waals surface area contributed by atoms with Gasteiger partial charge in [0.05, 0.1) is 5.56 Å². The second kappa shape index (κ2) is 5.31. The number of hydrogen-bond acceptors (Lipinski definition) is 3. The number of hydrogen-bond donors (Lipinski definition) is 2. The molecule has 0 radical (unpaired) electrons. The van der Waals surface area contributed by atoms with Crippen molar-refractivity contribution in [2.24, 2.45) is 0 Å². The number of fused-ring (bicyclic) bond motifs is 1. The molecule has 0 aliphatic carbocycles. The highest BCUT2D eigenvalue weighted by molar-refractivity contribution is 7.10. The molecular formula is C18H14N2OS. The lowest BCUT2D eigenvalue weighted by atomic mass is 10.1. The van der Waals surface area contributed by atoms with Gasteiger partial charge in [-0.1, -0.05) is 42.5 Å². The van der Waals surface area contributed by atoms with Crippen LogP contribution in [0.5, 0.6) is 0 Å². The summed E-state index contributed by atoms with van der Waals surface area (Å²) in [6, 6.07) is 20.0. The summed E-state index contributed by atoms with van der Waals surface area (Å²) in [4.78, 5) is 13.3. The molecule has 0 bridgehead atoms. The molecule has 1 atom stereocenters. The van der Waals surface area contributed by atoms with Crippen molar-refractivity contribution in [3.8, 4) is 11.1 Å². The van der Waals surface area contributed by atoms with Gasteiger partial charge in [-0.3, -0.25) is 4.79 Å². The lowest BCUT2D eigenvalue weighted by molar-refractivity contribution is 0.0936. The quantitative estimate of drug-likeness (QED) is 0.742. The van der Waals surface area contributed by atoms with Crippen molar-refractivity contribution in [1.29, 1.82) is 0 Å². The summed E-state index contributed by atoms with van der Waals surface area (Å²) in [5.74, 6) is -0.0333. The Morgan fingerprint density at radius 3 is 2.50 bits per heavy atom. The van der Waals surface area contributed by atoms with E-state index < -0.39 is 0 Å². The molecule has 3 aromatic rings. The van der Waals surface area contributed by atoms with Crippen LogP contribution in [0, 0.1) is 0 Å². The third-order valence-corrected chi connectivity index (χ3v) is 4.76. The first-order chi connectivity index (χ1) is 10.8. The monoisotopic (exact) mass is 306 g/mol. The summed E-state index contributed by atoms with van der Waals surface area (Å²) >= 11 is 1.65. The fraction of sp³-hybridized carbons (Fsp3) is 0.0556. The van der Waals surface area contributed by atoms with Crippen molar-refractivity contribution in [3.05, 3.63) is 76.5 Å². The highest BCUT2D eigenvalue weighted by Crippen LogP contribution is 2.32. The number of carbonyl (C=O) groups is 1. The van der Waals surface area contributed by atoms with Crippen LogP contribution in [0.1, 0.15) is 21.4 Å². The fourth-order valence-electron chi connectivity index (χ4n) is 2.64. The molecule has 1 aromatic heterocycles. The first-order valence-corrected chi connectivity index (χ1v) is 7.99. The second-order valence-corrected chi connectivity index (χ2v) is 6.14. The SMILES string of the molecule is O=C1N[C@H](c2cc(-c3ccccc3)cs2)Nc2ccccc21. The molecule has 1 aliphatic heterocycles. The second-order valence-electron chi connectivity index (χ2n) is 5.20. The molecule has 108 valence electrons. The van der Waals surface area contributed by atoms with Crippen LogP contribution in [0.25, 0.3) is 11.1 Å². The standard InChI is InChI=1S/C18H14N2OS/c21-18-14-8-4-5-9-15(14)19-17(20-18)16-10-13(11-22-16)12-6-2-1-3-7-12/h1-11,17,19H,(H,20,21)/t17-/m1/s1. The predicted molar refractivity (Wildman–Crippen MR) is 90.0 cm³/mol. The molecule has 2 aromatic carbocycles. The number of anilines is 1. The van der Waals surface area contributed by atoms with E-state index in [1.54, 1.807) is 11.3 Å². The minimum atomic E-state index is -0.176. The number of carbonyl (C=O) groups excluding carboxylic acids is 1. The van der Waals surface area contributed by atoms with Crippen LogP contribution in [0.2, 0.25) is 0 Å². The number of rotatable bonds is 2. The van der Waals surface area contributed by atoms with Gasteiger partial charge in [-0.2, -0.15) is 0 Å². The molecule has 0 saturated heterocycles. The molecule has 2 N–H and O–H groups in total. The van der Waals surface area contributed by atoms with Gasteiger partial charge in [-0.25, -0.2) is 0 Å². The third-order valence-electron chi connectivity index (χ3n) is 3.76. The van der Waals surface area contributed by atoms with E-state index in [9.17, 15) is 4.79 Å². The molecule has 2 heterocycles. The number of nitrogens with one attached hydrogen (secondary N) is 2. The van der Waals surface area contributed by atoms with Crippen molar-refractivity contribution >= 4 is 22.9 Å². The Morgan fingerprint density at radius 2 is 1.64 bits per heavy atom. The molecule has 0 unspecified atom stereocenters. The molecule has 1 amide bonds. The molecule has 0 fully saturated rings. The molecule has 1 aliphatic rings. The van der Waals surface area contributed by atoms with Crippen molar-refractivity contribution in [2.75, 3.05) is 5.32 Å². The van der Waals surface area contributed by atoms with Gasteiger partial charge in [0.15, 0.2) is 0 Å². The largest absolute Gasteiger partial charge is 0.360 e. The Labute approximate surface area is 132 Å². The van der Waals surface area contributed by atoms with E-state index in [1.165, 1.54) is 11.1 Å². The normalized spacial score (nSPS) is 16.5. The summed E-state index contributed by atoms with van der Waals surface area (Å²) in [6.07, 6.45) is -0.176. The molecule has 0 spiro atoms. The Hall–Kier alpha value is -2.59. The van der Waals surface area contributed by atoms with Crippen LogP contribution in [-0.4, -0.2) is 5.91 Å². The van der Waals surface area contributed by atoms with Gasteiger partial charge < -0.3 is 10.6 Å². The molecule has 0 saturated carbocycles. The van der Waals surface area contributed by atoms with Crippen LogP contribution in [0.4, 0.5) is 5.69 Å². The highest BCUT2D eigenvalue weighted by atomic mass is 32.1. The van der Waals surface area contributed by atoms with Crippen LogP contribution in [0.3, 0.4) is 0 Å². The maximum atomic E-state index is 12.2. The lowest BCUT2D eigenvalue weighted by Gasteiger charge is -2.26. The van der Waals surface area contributed by atoms with Crippen molar-refractivity contribution in [2.45, 2.75) is 6.17 Å². The fourth-order valence-corrected chi connectivity index (χ4v) is 3.55. The Balaban J connectivity index is 1.64. The minimum Gasteiger partial charge on any atom is -0.360 e. The zero-order valence-electron chi connectivity index (χ0n) is 11.7. The summed E-state index contributed by atoms with van der Waals surface area (Å²) in [6.45, 7) is 0. The topological polar surface area (TPSA) is 41.1 Å². The molecule has 3 nitrogen and oxygen atoms in total. The average Bonchev–Trinajstić information content (AvgIpc) is 3.06. The van der Waals surface area contributed by atoms with E-state index in [2.05, 4.69) is 34.2 Å². The summed E-state index contributed by atoms with van der Waals surface area (Å²) < 4.78 is 0. The number of para-hydroxylation sites is 1. The number of benzene rings is 2. The zero-order valence-corrected chi connectivity index (χ0v) is 12.6. The van der Waals surface area contributed by atoms with E-state index in [1.807, 2.05) is 42.5 Å². The Kier molecular flexibility index (Phi) is 3.16. The van der Waals surface area contributed by atoms with Gasteiger partial charge in [0.2, 0.25) is 0 Å².